The summed E-state index contributed by atoms with van der Waals surface area (Å²) in [5.41, 5.74) is -1.91. The Morgan fingerprint density at radius 2 is 1.43 bits per heavy atom. The molecule has 0 saturated carbocycles. The minimum absolute atomic E-state index is 0.372. The molecule has 1 saturated heterocycles. The van der Waals surface area contributed by atoms with Crippen LogP contribution >= 0.6 is 0 Å². The Hall–Kier alpha value is -3.16. The molecule has 4 nitrogen and oxygen atoms in total. The molecule has 184 valence electrons. The van der Waals surface area contributed by atoms with Crippen LogP contribution in [-0.4, -0.2) is 47.8 Å². The van der Waals surface area contributed by atoms with Crippen LogP contribution in [0.5, 0.6) is 0 Å². The third kappa shape index (κ3) is 4.97. The standard InChI is InChI=1S/C28H29F3N2O2/c1-35-27(23-14-7-3-8-15-23,24-16-9-4-10-17-24)25-18-11-19-33(25)32-21-26(34,28(29,30)31)20-22-12-5-2-6-13-22/h2-10,12-17,21,25,34H,11,18-20H2,1H3/b32-21+/t25-,26-/m0/s1. The van der Waals surface area contributed by atoms with Crippen LogP contribution in [0.4, 0.5) is 13.2 Å². The predicted molar refractivity (Wildman–Crippen MR) is 130 cm³/mol. The van der Waals surface area contributed by atoms with Gasteiger partial charge >= 0.3 is 6.18 Å². The highest BCUT2D eigenvalue weighted by atomic mass is 19.4. The third-order valence-corrected chi connectivity index (χ3v) is 6.65. The largest absolute Gasteiger partial charge is 0.422 e. The number of ether oxygens (including phenoxy) is 1. The molecule has 0 bridgehead atoms. The van der Waals surface area contributed by atoms with Crippen molar-refractivity contribution in [2.24, 2.45) is 5.10 Å². The molecule has 1 N–H and O–H groups in total. The molecule has 1 heterocycles. The number of benzene rings is 3. The first-order chi connectivity index (χ1) is 16.8. The summed E-state index contributed by atoms with van der Waals surface area (Å²) in [5.74, 6) is 0. The van der Waals surface area contributed by atoms with Gasteiger partial charge in [0.05, 0.1) is 12.3 Å². The lowest BCUT2D eigenvalue weighted by atomic mass is 9.79. The summed E-state index contributed by atoms with van der Waals surface area (Å²) in [6, 6.07) is 27.1. The van der Waals surface area contributed by atoms with Gasteiger partial charge in [0.15, 0.2) is 0 Å². The summed E-state index contributed by atoms with van der Waals surface area (Å²) < 4.78 is 48.2. The van der Waals surface area contributed by atoms with E-state index in [1.807, 2.05) is 60.7 Å². The fraction of sp³-hybridized carbons (Fsp3) is 0.321. The van der Waals surface area contributed by atoms with Crippen molar-refractivity contribution in [1.29, 1.82) is 0 Å². The molecule has 1 aliphatic rings. The van der Waals surface area contributed by atoms with Crippen molar-refractivity contribution in [3.63, 3.8) is 0 Å². The normalized spacial score (nSPS) is 18.7. The summed E-state index contributed by atoms with van der Waals surface area (Å²) in [4.78, 5) is 0. The number of hydrazone groups is 1. The van der Waals surface area contributed by atoms with Gasteiger partial charge < -0.3 is 9.84 Å². The van der Waals surface area contributed by atoms with E-state index in [0.717, 1.165) is 17.5 Å². The number of methoxy groups -OCH3 is 1. The summed E-state index contributed by atoms with van der Waals surface area (Å²) in [6.07, 6.45) is -3.46. The summed E-state index contributed by atoms with van der Waals surface area (Å²) in [7, 11) is 1.61. The molecule has 0 aliphatic carbocycles. The number of alkyl halides is 3. The molecule has 35 heavy (non-hydrogen) atoms. The first-order valence-electron chi connectivity index (χ1n) is 11.6. The van der Waals surface area contributed by atoms with Crippen molar-refractivity contribution in [3.05, 3.63) is 108 Å². The number of hydrogen-bond acceptors (Lipinski definition) is 4. The molecule has 4 rings (SSSR count). The van der Waals surface area contributed by atoms with E-state index in [2.05, 4.69) is 5.10 Å². The number of halogens is 3. The van der Waals surface area contributed by atoms with Crippen molar-refractivity contribution in [2.75, 3.05) is 13.7 Å². The van der Waals surface area contributed by atoms with Crippen LogP contribution in [0.1, 0.15) is 29.5 Å². The van der Waals surface area contributed by atoms with Gasteiger partial charge in [-0.1, -0.05) is 91.0 Å². The highest BCUT2D eigenvalue weighted by Gasteiger charge is 2.53. The first kappa shape index (κ1) is 24.9. The number of hydrogen-bond donors (Lipinski definition) is 1. The molecule has 3 aromatic carbocycles. The van der Waals surface area contributed by atoms with E-state index in [4.69, 9.17) is 4.74 Å². The van der Waals surface area contributed by atoms with Crippen molar-refractivity contribution >= 4 is 6.21 Å². The van der Waals surface area contributed by atoms with Crippen LogP contribution in [0.3, 0.4) is 0 Å². The average Bonchev–Trinajstić information content (AvgIpc) is 3.34. The Kier molecular flexibility index (Phi) is 7.28. The Morgan fingerprint density at radius 3 is 1.91 bits per heavy atom. The molecule has 3 aromatic rings. The van der Waals surface area contributed by atoms with E-state index in [1.54, 1.807) is 42.5 Å². The van der Waals surface area contributed by atoms with Gasteiger partial charge in [0.2, 0.25) is 5.60 Å². The maximum absolute atomic E-state index is 14.0. The smallest absolute Gasteiger partial charge is 0.375 e. The molecule has 0 spiro atoms. The number of rotatable bonds is 8. The molecule has 0 radical (unpaired) electrons. The van der Waals surface area contributed by atoms with Gasteiger partial charge in [0, 0.05) is 20.1 Å². The SMILES string of the molecule is COC(c1ccccc1)(c1ccccc1)[C@@H]1CCCN1/N=C/[C@@](O)(Cc1ccccc1)C(F)(F)F. The third-order valence-electron chi connectivity index (χ3n) is 6.65. The fourth-order valence-corrected chi connectivity index (χ4v) is 4.89. The topological polar surface area (TPSA) is 45.1 Å². The van der Waals surface area contributed by atoms with E-state index >= 15 is 0 Å². The lowest BCUT2D eigenvalue weighted by Crippen LogP contribution is -2.51. The lowest BCUT2D eigenvalue weighted by Gasteiger charge is -2.42. The van der Waals surface area contributed by atoms with Crippen LogP contribution in [0.15, 0.2) is 96.1 Å². The zero-order chi connectivity index (χ0) is 24.9. The Labute approximate surface area is 203 Å². The maximum atomic E-state index is 14.0. The second-order valence-electron chi connectivity index (χ2n) is 8.82. The van der Waals surface area contributed by atoms with Gasteiger partial charge in [-0.2, -0.15) is 18.3 Å². The van der Waals surface area contributed by atoms with Gasteiger partial charge in [-0.15, -0.1) is 0 Å². The highest BCUT2D eigenvalue weighted by Crippen LogP contribution is 2.43. The molecular formula is C28H29F3N2O2. The van der Waals surface area contributed by atoms with E-state index in [1.165, 1.54) is 0 Å². The van der Waals surface area contributed by atoms with E-state index in [0.29, 0.717) is 24.7 Å². The summed E-state index contributed by atoms with van der Waals surface area (Å²) >= 11 is 0. The monoisotopic (exact) mass is 482 g/mol. The molecule has 7 heteroatoms. The number of aliphatic hydroxyl groups is 1. The van der Waals surface area contributed by atoms with Crippen LogP contribution in [0.25, 0.3) is 0 Å². The van der Waals surface area contributed by atoms with E-state index in [-0.39, 0.29) is 6.04 Å². The number of nitrogens with zero attached hydrogens (tertiary/aromatic N) is 2. The zero-order valence-electron chi connectivity index (χ0n) is 19.5. The van der Waals surface area contributed by atoms with Crippen LogP contribution < -0.4 is 0 Å². The van der Waals surface area contributed by atoms with Gasteiger partial charge in [0.1, 0.15) is 5.60 Å². The minimum Gasteiger partial charge on any atom is -0.375 e. The molecule has 2 atom stereocenters. The molecular weight excluding hydrogens is 453 g/mol. The Morgan fingerprint density at radius 1 is 0.914 bits per heavy atom. The van der Waals surface area contributed by atoms with Gasteiger partial charge in [-0.25, -0.2) is 0 Å². The summed E-state index contributed by atoms with van der Waals surface area (Å²) in [5, 5.41) is 16.6. The van der Waals surface area contributed by atoms with Gasteiger partial charge in [0.25, 0.3) is 0 Å². The molecule has 1 fully saturated rings. The highest BCUT2D eigenvalue weighted by molar-refractivity contribution is 5.70. The van der Waals surface area contributed by atoms with Crippen molar-refractivity contribution < 1.29 is 23.0 Å². The first-order valence-corrected chi connectivity index (χ1v) is 11.6. The molecule has 1 aliphatic heterocycles. The molecule has 0 unspecified atom stereocenters. The Bertz CT molecular complexity index is 1070. The fourth-order valence-electron chi connectivity index (χ4n) is 4.89. The average molecular weight is 483 g/mol. The Balaban J connectivity index is 1.73. The molecule has 0 amide bonds. The maximum Gasteiger partial charge on any atom is 0.422 e. The van der Waals surface area contributed by atoms with Crippen molar-refractivity contribution in [3.8, 4) is 0 Å². The minimum atomic E-state index is -4.89. The van der Waals surface area contributed by atoms with Gasteiger partial charge in [-0.05, 0) is 29.5 Å². The summed E-state index contributed by atoms with van der Waals surface area (Å²) in [6.45, 7) is 0.450. The lowest BCUT2D eigenvalue weighted by molar-refractivity contribution is -0.228. The quantitative estimate of drug-likeness (QED) is 0.428. The second kappa shape index (κ2) is 10.2. The predicted octanol–water partition coefficient (Wildman–Crippen LogP) is 5.56. The van der Waals surface area contributed by atoms with E-state index < -0.39 is 23.8 Å². The van der Waals surface area contributed by atoms with Crippen LogP contribution in [0, 0.1) is 0 Å². The van der Waals surface area contributed by atoms with E-state index in [9.17, 15) is 18.3 Å². The van der Waals surface area contributed by atoms with Crippen LogP contribution in [0.2, 0.25) is 0 Å². The molecule has 0 aromatic heterocycles. The zero-order valence-corrected chi connectivity index (χ0v) is 19.5. The van der Waals surface area contributed by atoms with Crippen molar-refractivity contribution in [2.45, 2.75) is 42.7 Å². The second-order valence-corrected chi connectivity index (χ2v) is 8.82. The van der Waals surface area contributed by atoms with Crippen molar-refractivity contribution in [1.82, 2.24) is 5.01 Å². The van der Waals surface area contributed by atoms with Gasteiger partial charge in [-0.3, -0.25) is 5.01 Å². The van der Waals surface area contributed by atoms with Crippen LogP contribution in [-0.2, 0) is 16.8 Å².